The first-order valence-corrected chi connectivity index (χ1v) is 13.9. The Labute approximate surface area is 73.0 Å². The molecule has 0 aliphatic carbocycles. The molecule has 0 saturated heterocycles. The summed E-state index contributed by atoms with van der Waals surface area (Å²) >= 11 is 5.22. The molecule has 0 unspecified atom stereocenters. The summed E-state index contributed by atoms with van der Waals surface area (Å²) in [6, 6.07) is 0. The monoisotopic (exact) mass is 456 g/mol. The molecule has 5 heavy (non-hydrogen) atoms. The van der Waals surface area contributed by atoms with Gasteiger partial charge in [-0.05, 0) is 0 Å². The molecule has 0 aromatic carbocycles. The Morgan fingerprint density at radius 2 is 1.20 bits per heavy atom. The standard InChI is InChI=1S/CH3.Co.HI3/c;;1-3-2/h1H3;;3H/q-1;;. The van der Waals surface area contributed by atoms with Crippen LogP contribution >= 0.6 is 50.5 Å². The Morgan fingerprint density at radius 3 is 1.20 bits per heavy atom. The summed E-state index contributed by atoms with van der Waals surface area (Å²) in [4.78, 5) is 0. The molecule has 0 atom stereocenters. The van der Waals surface area contributed by atoms with E-state index in [-0.39, 0.29) is 24.2 Å². The first-order chi connectivity index (χ1) is 1.41. The van der Waals surface area contributed by atoms with E-state index >= 15 is 0 Å². The van der Waals surface area contributed by atoms with E-state index in [0.717, 1.165) is 0 Å². The summed E-state index contributed by atoms with van der Waals surface area (Å²) < 4.78 is 0. The van der Waals surface area contributed by atoms with Crippen molar-refractivity contribution in [3.8, 4) is 0 Å². The Kier molecular flexibility index (Phi) is 49.8. The Balaban J connectivity index is -0.0000000200. The number of halogens is 3. The van der Waals surface area contributed by atoms with Crippen LogP contribution in [0, 0.1) is 7.43 Å². The molecule has 0 aliphatic rings. The zero-order chi connectivity index (χ0) is 2.71. The van der Waals surface area contributed by atoms with Crippen molar-refractivity contribution in [2.75, 3.05) is 0 Å². The van der Waals surface area contributed by atoms with E-state index in [4.69, 9.17) is 0 Å². The third kappa shape index (κ3) is 20.3. The first-order valence-electron chi connectivity index (χ1n) is 0.309. The summed E-state index contributed by atoms with van der Waals surface area (Å²) in [5.74, 6) is 0. The van der Waals surface area contributed by atoms with Crippen LogP contribution in [0.4, 0.5) is 0 Å². The number of hydrogen-bond donors (Lipinski definition) is 0. The molecule has 0 aliphatic heterocycles. The van der Waals surface area contributed by atoms with Gasteiger partial charge in [-0.1, -0.05) is 0 Å². The smallest absolute Gasteiger partial charge is 0 e. The molecule has 0 heterocycles. The van der Waals surface area contributed by atoms with Crippen LogP contribution in [0.2, 0.25) is 0 Å². The second-order valence-electron chi connectivity index (χ2n) is 0.0583. The van der Waals surface area contributed by atoms with Gasteiger partial charge in [0.15, 0.2) is 0 Å². The van der Waals surface area contributed by atoms with Crippen LogP contribution in [0.1, 0.15) is 0 Å². The van der Waals surface area contributed by atoms with Crippen LogP contribution in [-0.2, 0) is 16.8 Å². The van der Waals surface area contributed by atoms with Crippen molar-refractivity contribution < 1.29 is 16.8 Å². The molecule has 1 radical (unpaired) electrons. The fourth-order valence-electron chi connectivity index (χ4n) is 0. The largest absolute Gasteiger partial charge is 0.358 e. The quantitative estimate of drug-likeness (QED) is 0.389. The van der Waals surface area contributed by atoms with Gasteiger partial charge in [-0.15, -0.1) is 0 Å². The van der Waals surface area contributed by atoms with Crippen LogP contribution in [0.3, 0.4) is 0 Å². The van der Waals surface area contributed by atoms with E-state index in [0.29, 0.717) is 13.3 Å². The van der Waals surface area contributed by atoms with Crippen LogP contribution < -0.4 is 0 Å². The van der Waals surface area contributed by atoms with Crippen LogP contribution in [0.15, 0.2) is 0 Å². The van der Waals surface area contributed by atoms with Crippen LogP contribution in [0.5, 0.6) is 0 Å². The molecular formula is CH4CoI3-. The number of rotatable bonds is 0. The van der Waals surface area contributed by atoms with Crippen LogP contribution in [-0.4, -0.2) is 0 Å². The minimum Gasteiger partial charge on any atom is -0.358 e. The van der Waals surface area contributed by atoms with Crippen molar-refractivity contribution in [1.29, 1.82) is 0 Å². The van der Waals surface area contributed by atoms with E-state index in [9.17, 15) is 0 Å². The Bertz CT molecular complexity index is 6.85. The van der Waals surface area contributed by atoms with E-state index in [1.165, 1.54) is 0 Å². The predicted molar refractivity (Wildman–Crippen MR) is 49.9 cm³/mol. The molecule has 0 N–H and O–H groups in total. The molecule has 0 spiro atoms. The average molecular weight is 456 g/mol. The van der Waals surface area contributed by atoms with Gasteiger partial charge in [-0.2, -0.15) is 0 Å². The second kappa shape index (κ2) is 15.9. The third-order valence-corrected chi connectivity index (χ3v) is 0. The van der Waals surface area contributed by atoms with Gasteiger partial charge < -0.3 is 7.43 Å². The van der Waals surface area contributed by atoms with Gasteiger partial charge in [0.1, 0.15) is 0 Å². The van der Waals surface area contributed by atoms with E-state index < -0.39 is 0 Å². The Hall–Kier alpha value is 2.70. The van der Waals surface area contributed by atoms with Crippen molar-refractivity contribution in [3.05, 3.63) is 7.43 Å². The summed E-state index contributed by atoms with van der Waals surface area (Å²) in [7, 11) is 0. The van der Waals surface area contributed by atoms with Crippen molar-refractivity contribution in [1.82, 2.24) is 0 Å². The molecule has 0 aromatic rings. The second-order valence-corrected chi connectivity index (χ2v) is 17.6. The van der Waals surface area contributed by atoms with Gasteiger partial charge in [-0.25, -0.2) is 0 Å². The topological polar surface area (TPSA) is 0 Å². The predicted octanol–water partition coefficient (Wildman–Crippen LogP) is 2.84. The van der Waals surface area contributed by atoms with Crippen molar-refractivity contribution in [3.63, 3.8) is 0 Å². The van der Waals surface area contributed by atoms with E-state index in [1.54, 1.807) is 0 Å². The molecular weight excluding hydrogens is 452 g/mol. The summed E-state index contributed by atoms with van der Waals surface area (Å²) in [5, 5.41) is 0. The minimum absolute atomic E-state index is 0. The average Bonchev–Trinajstić information content (AvgIpc) is 0.918. The maximum absolute atomic E-state index is 2.41. The first kappa shape index (κ1) is 15.6. The van der Waals surface area contributed by atoms with Crippen LogP contribution in [0.25, 0.3) is 0 Å². The summed E-state index contributed by atoms with van der Waals surface area (Å²) in [6.07, 6.45) is 0. The maximum atomic E-state index is 2.41. The van der Waals surface area contributed by atoms with Gasteiger partial charge in [-0.3, -0.25) is 0 Å². The van der Waals surface area contributed by atoms with E-state index in [2.05, 4.69) is 37.2 Å². The van der Waals surface area contributed by atoms with Gasteiger partial charge in [0.05, 0.1) is 0 Å². The molecule has 0 fully saturated rings. The maximum Gasteiger partial charge on any atom is 0 e. The van der Waals surface area contributed by atoms with Gasteiger partial charge in [0.2, 0.25) is 0 Å². The SMILES string of the molecule is I[IH]I.[CH3-].[Co]. The van der Waals surface area contributed by atoms with Crippen molar-refractivity contribution in [2.24, 2.45) is 0 Å². The van der Waals surface area contributed by atoms with Gasteiger partial charge in [0, 0.05) is 16.8 Å². The van der Waals surface area contributed by atoms with Gasteiger partial charge >= 0.3 is 50.5 Å². The third-order valence-electron chi connectivity index (χ3n) is 0. The number of hydrogen-bond acceptors (Lipinski definition) is 0. The molecule has 0 saturated carbocycles. The van der Waals surface area contributed by atoms with E-state index in [1.807, 2.05) is 0 Å². The van der Waals surface area contributed by atoms with Crippen molar-refractivity contribution in [2.45, 2.75) is 0 Å². The zero-order valence-electron chi connectivity index (χ0n) is 2.50. The fourth-order valence-corrected chi connectivity index (χ4v) is 0. The normalized spacial score (nSPS) is 4.40. The molecule has 0 nitrogen and oxygen atoms in total. The summed E-state index contributed by atoms with van der Waals surface area (Å²) in [5.41, 5.74) is 0. The fraction of sp³-hybridized carbons (Fsp3) is 0. The summed E-state index contributed by atoms with van der Waals surface area (Å²) in [6.45, 7) is 0. The molecule has 4 heteroatoms. The molecule has 0 aromatic heterocycles. The van der Waals surface area contributed by atoms with Crippen molar-refractivity contribution >= 4 is 50.5 Å². The van der Waals surface area contributed by atoms with Gasteiger partial charge in [0.25, 0.3) is 0 Å². The molecule has 0 amide bonds. The Morgan fingerprint density at radius 1 is 1.20 bits per heavy atom. The molecule has 39 valence electrons. The molecule has 0 bridgehead atoms. The molecule has 0 rings (SSSR count). The minimum atomic E-state index is 0. The zero-order valence-corrected chi connectivity index (χ0v) is 10.2.